The van der Waals surface area contributed by atoms with Crippen molar-refractivity contribution in [3.05, 3.63) is 33.3 Å². The van der Waals surface area contributed by atoms with Crippen molar-refractivity contribution < 1.29 is 0 Å². The Kier molecular flexibility index (Phi) is 10.4. The van der Waals surface area contributed by atoms with E-state index in [1.54, 1.807) is 0 Å². The topological polar surface area (TPSA) is 12.0 Å². The van der Waals surface area contributed by atoms with Gasteiger partial charge in [-0.3, -0.25) is 0 Å². The summed E-state index contributed by atoms with van der Waals surface area (Å²) in [7, 11) is 0. The minimum Gasteiger partial charge on any atom is -0.310 e. The fourth-order valence-electron chi connectivity index (χ4n) is 2.70. The quantitative estimate of drug-likeness (QED) is 0.416. The summed E-state index contributed by atoms with van der Waals surface area (Å²) in [6.45, 7) is 5.40. The zero-order valence-corrected chi connectivity index (χ0v) is 15.8. The van der Waals surface area contributed by atoms with Crippen LogP contribution in [0, 0.1) is 0 Å². The maximum atomic E-state index is 6.39. The molecule has 0 radical (unpaired) electrons. The highest BCUT2D eigenvalue weighted by molar-refractivity contribution is 9.10. The summed E-state index contributed by atoms with van der Waals surface area (Å²) in [5.74, 6) is 0. The minimum atomic E-state index is 0.381. The van der Waals surface area contributed by atoms with Crippen LogP contribution in [0.15, 0.2) is 22.7 Å². The maximum Gasteiger partial charge on any atom is 0.0465 e. The van der Waals surface area contributed by atoms with Gasteiger partial charge in [-0.2, -0.15) is 0 Å². The number of unbranched alkanes of at least 4 members (excludes halogenated alkanes) is 6. The third-order valence-corrected chi connectivity index (χ3v) is 4.71. The third kappa shape index (κ3) is 7.67. The molecule has 0 bridgehead atoms. The second-order valence-electron chi connectivity index (χ2n) is 5.69. The number of benzene rings is 1. The molecule has 1 nitrogen and oxygen atoms in total. The summed E-state index contributed by atoms with van der Waals surface area (Å²) in [6, 6.07) is 6.59. The Balaban J connectivity index is 2.39. The van der Waals surface area contributed by atoms with Crippen molar-refractivity contribution in [3.63, 3.8) is 0 Å². The molecule has 0 aliphatic heterocycles. The Morgan fingerprint density at radius 2 is 1.71 bits per heavy atom. The molecule has 0 heterocycles. The molecule has 1 aromatic rings. The second-order valence-corrected chi connectivity index (χ2v) is 7.01. The van der Waals surface area contributed by atoms with Gasteiger partial charge >= 0.3 is 0 Å². The van der Waals surface area contributed by atoms with E-state index < -0.39 is 0 Å². The fourth-order valence-corrected chi connectivity index (χ4v) is 3.51. The molecule has 0 saturated heterocycles. The van der Waals surface area contributed by atoms with Crippen molar-refractivity contribution in [2.75, 3.05) is 6.54 Å². The maximum absolute atomic E-state index is 6.39. The second kappa shape index (κ2) is 11.5. The van der Waals surface area contributed by atoms with E-state index in [1.807, 2.05) is 6.07 Å². The highest BCUT2D eigenvalue weighted by atomic mass is 79.9. The van der Waals surface area contributed by atoms with Crippen molar-refractivity contribution >= 4 is 27.5 Å². The molecule has 0 fully saturated rings. The Bertz CT molecular complexity index is 395. The number of nitrogens with one attached hydrogen (secondary N) is 1. The average molecular weight is 375 g/mol. The van der Waals surface area contributed by atoms with Crippen molar-refractivity contribution in [2.45, 2.75) is 71.3 Å². The lowest BCUT2D eigenvalue weighted by atomic mass is 9.99. The molecular formula is C18H29BrClN. The molecular weight excluding hydrogens is 346 g/mol. The predicted molar refractivity (Wildman–Crippen MR) is 98.2 cm³/mol. The lowest BCUT2D eigenvalue weighted by Gasteiger charge is -2.20. The van der Waals surface area contributed by atoms with Gasteiger partial charge < -0.3 is 5.32 Å². The molecule has 1 rings (SSSR count). The van der Waals surface area contributed by atoms with Gasteiger partial charge in [0.25, 0.3) is 0 Å². The summed E-state index contributed by atoms with van der Waals surface area (Å²) in [6.07, 6.45) is 10.6. The van der Waals surface area contributed by atoms with Crippen LogP contribution < -0.4 is 5.32 Å². The lowest BCUT2D eigenvalue weighted by molar-refractivity contribution is 0.476. The van der Waals surface area contributed by atoms with E-state index in [0.29, 0.717) is 6.04 Å². The van der Waals surface area contributed by atoms with E-state index in [1.165, 1.54) is 56.9 Å². The van der Waals surface area contributed by atoms with Gasteiger partial charge in [0.05, 0.1) is 0 Å². The highest BCUT2D eigenvalue weighted by Gasteiger charge is 2.13. The zero-order chi connectivity index (χ0) is 15.5. The Morgan fingerprint density at radius 3 is 2.33 bits per heavy atom. The fraction of sp³-hybridized carbons (Fsp3) is 0.667. The molecule has 0 saturated carbocycles. The predicted octanol–water partition coefficient (Wildman–Crippen LogP) is 6.89. The smallest absolute Gasteiger partial charge is 0.0465 e. The number of hydrogen-bond donors (Lipinski definition) is 1. The number of halogens is 2. The Morgan fingerprint density at radius 1 is 1.05 bits per heavy atom. The largest absolute Gasteiger partial charge is 0.310 e. The Hall–Kier alpha value is -0.0500. The normalized spacial score (nSPS) is 12.6. The van der Waals surface area contributed by atoms with Crippen LogP contribution in [-0.4, -0.2) is 6.54 Å². The first-order chi connectivity index (χ1) is 10.2. The summed E-state index contributed by atoms with van der Waals surface area (Å²) < 4.78 is 1.04. The van der Waals surface area contributed by atoms with Gasteiger partial charge in [-0.1, -0.05) is 92.4 Å². The van der Waals surface area contributed by atoms with E-state index in [0.717, 1.165) is 16.0 Å². The van der Waals surface area contributed by atoms with E-state index >= 15 is 0 Å². The van der Waals surface area contributed by atoms with E-state index in [4.69, 9.17) is 11.6 Å². The summed E-state index contributed by atoms with van der Waals surface area (Å²) in [5.41, 5.74) is 1.23. The molecule has 0 spiro atoms. The van der Waals surface area contributed by atoms with Gasteiger partial charge in [-0.05, 0) is 30.7 Å². The Labute approximate surface area is 144 Å². The molecule has 0 aromatic heterocycles. The summed E-state index contributed by atoms with van der Waals surface area (Å²) in [4.78, 5) is 0. The monoisotopic (exact) mass is 373 g/mol. The van der Waals surface area contributed by atoms with Gasteiger partial charge in [-0.15, -0.1) is 0 Å². The molecule has 1 N–H and O–H groups in total. The van der Waals surface area contributed by atoms with Gasteiger partial charge in [-0.25, -0.2) is 0 Å². The third-order valence-electron chi connectivity index (χ3n) is 3.88. The van der Waals surface area contributed by atoms with Crippen LogP contribution in [0.3, 0.4) is 0 Å². The zero-order valence-electron chi connectivity index (χ0n) is 13.4. The average Bonchev–Trinajstić information content (AvgIpc) is 2.45. The minimum absolute atomic E-state index is 0.381. The molecule has 0 aliphatic rings. The lowest BCUT2D eigenvalue weighted by Crippen LogP contribution is -2.21. The van der Waals surface area contributed by atoms with Crippen LogP contribution in [0.4, 0.5) is 0 Å². The standard InChI is InChI=1S/C18H29BrClN/c1-3-5-6-7-8-9-10-11-18(21-4-2)16-13-12-15(19)14-17(16)20/h12-14,18,21H,3-11H2,1-2H3. The first-order valence-corrected chi connectivity index (χ1v) is 9.54. The number of rotatable bonds is 11. The van der Waals surface area contributed by atoms with Crippen LogP contribution in [0.1, 0.15) is 76.8 Å². The van der Waals surface area contributed by atoms with Crippen LogP contribution in [0.2, 0.25) is 5.02 Å². The molecule has 0 aliphatic carbocycles. The summed E-state index contributed by atoms with van der Waals surface area (Å²) >= 11 is 9.86. The highest BCUT2D eigenvalue weighted by Crippen LogP contribution is 2.29. The van der Waals surface area contributed by atoms with Gasteiger partial charge in [0, 0.05) is 15.5 Å². The van der Waals surface area contributed by atoms with Crippen molar-refractivity contribution in [1.82, 2.24) is 5.32 Å². The first-order valence-electron chi connectivity index (χ1n) is 8.37. The van der Waals surface area contributed by atoms with Gasteiger partial charge in [0.1, 0.15) is 0 Å². The molecule has 1 atom stereocenters. The van der Waals surface area contributed by atoms with Gasteiger partial charge in [0.15, 0.2) is 0 Å². The van der Waals surface area contributed by atoms with E-state index in [9.17, 15) is 0 Å². The number of hydrogen-bond acceptors (Lipinski definition) is 1. The van der Waals surface area contributed by atoms with Crippen LogP contribution in [0.25, 0.3) is 0 Å². The first kappa shape index (κ1) is 19.0. The molecule has 3 heteroatoms. The van der Waals surface area contributed by atoms with Crippen LogP contribution in [0.5, 0.6) is 0 Å². The molecule has 0 amide bonds. The molecule has 21 heavy (non-hydrogen) atoms. The van der Waals surface area contributed by atoms with Crippen LogP contribution >= 0.6 is 27.5 Å². The SMILES string of the molecule is CCCCCCCCCC(NCC)c1ccc(Br)cc1Cl. The van der Waals surface area contributed by atoms with E-state index in [-0.39, 0.29) is 0 Å². The van der Waals surface area contributed by atoms with Crippen LogP contribution in [-0.2, 0) is 0 Å². The van der Waals surface area contributed by atoms with Gasteiger partial charge in [0.2, 0.25) is 0 Å². The van der Waals surface area contributed by atoms with Crippen molar-refractivity contribution in [1.29, 1.82) is 0 Å². The summed E-state index contributed by atoms with van der Waals surface area (Å²) in [5, 5.41) is 4.43. The molecule has 120 valence electrons. The van der Waals surface area contributed by atoms with E-state index in [2.05, 4.69) is 47.2 Å². The molecule has 1 aromatic carbocycles. The van der Waals surface area contributed by atoms with Crippen molar-refractivity contribution in [3.8, 4) is 0 Å². The van der Waals surface area contributed by atoms with Crippen molar-refractivity contribution in [2.24, 2.45) is 0 Å². The molecule has 1 unspecified atom stereocenters.